The van der Waals surface area contributed by atoms with Crippen LogP contribution in [-0.4, -0.2) is 30.6 Å². The number of ether oxygens (including phenoxy) is 3. The predicted molar refractivity (Wildman–Crippen MR) is 125 cm³/mol. The maximum absolute atomic E-state index is 12.6. The van der Waals surface area contributed by atoms with E-state index in [9.17, 15) is 9.90 Å². The molecule has 0 radical (unpaired) electrons. The van der Waals surface area contributed by atoms with Crippen molar-refractivity contribution in [3.8, 4) is 23.0 Å². The van der Waals surface area contributed by atoms with E-state index in [0.717, 1.165) is 11.1 Å². The Morgan fingerprint density at radius 1 is 1.09 bits per heavy atom. The molecule has 0 saturated heterocycles. The first-order valence-corrected chi connectivity index (χ1v) is 10.7. The predicted octanol–water partition coefficient (Wildman–Crippen LogP) is 4.63. The van der Waals surface area contributed by atoms with Crippen molar-refractivity contribution in [3.05, 3.63) is 82.9 Å². The molecule has 7 nitrogen and oxygen atoms in total. The van der Waals surface area contributed by atoms with Crippen molar-refractivity contribution in [2.24, 2.45) is 5.10 Å². The molecule has 170 valence electrons. The van der Waals surface area contributed by atoms with E-state index in [-0.39, 0.29) is 24.4 Å². The fraction of sp³-hybridized carbons (Fsp3) is 0.231. The Hall–Kier alpha value is -4.00. The van der Waals surface area contributed by atoms with Crippen LogP contribution in [0.2, 0.25) is 0 Å². The van der Waals surface area contributed by atoms with Gasteiger partial charge in [0.25, 0.3) is 5.91 Å². The number of hydrogen-bond donors (Lipinski definition) is 2. The summed E-state index contributed by atoms with van der Waals surface area (Å²) >= 11 is 0. The highest BCUT2D eigenvalue weighted by atomic mass is 16.7. The number of fused-ring (bicyclic) bond motifs is 1. The number of methoxy groups -OCH3 is 1. The van der Waals surface area contributed by atoms with Gasteiger partial charge in [-0.05, 0) is 47.4 Å². The Labute approximate surface area is 192 Å². The van der Waals surface area contributed by atoms with Gasteiger partial charge in [0, 0.05) is 23.6 Å². The highest BCUT2D eigenvalue weighted by Crippen LogP contribution is 2.35. The van der Waals surface area contributed by atoms with Gasteiger partial charge in [0.05, 0.1) is 12.8 Å². The number of benzene rings is 3. The number of aromatic hydroxyl groups is 1. The third-order valence-electron chi connectivity index (χ3n) is 5.42. The highest BCUT2D eigenvalue weighted by Gasteiger charge is 2.19. The number of carbonyl (C=O) groups is 1. The van der Waals surface area contributed by atoms with Gasteiger partial charge in [-0.2, -0.15) is 5.10 Å². The standard InChI is InChI=1S/C26H26N2O5/c1-16(2)19-13-20(22(29)14-24(19)31-3)21(27-28-26(30)18-7-5-4-6-8-18)11-17-9-10-23-25(12-17)33-15-32-23/h4-10,12-14,16,29H,11,15H2,1-3H3,(H,28,30)/b27-21+. The Bertz CT molecular complexity index is 1190. The minimum atomic E-state index is -0.337. The Morgan fingerprint density at radius 3 is 2.58 bits per heavy atom. The second-order valence-corrected chi connectivity index (χ2v) is 8.00. The summed E-state index contributed by atoms with van der Waals surface area (Å²) in [5, 5.41) is 15.2. The second kappa shape index (κ2) is 9.65. The summed E-state index contributed by atoms with van der Waals surface area (Å²) in [6.45, 7) is 4.28. The summed E-state index contributed by atoms with van der Waals surface area (Å²) in [6, 6.07) is 17.9. The average Bonchev–Trinajstić information content (AvgIpc) is 3.29. The van der Waals surface area contributed by atoms with Crippen molar-refractivity contribution in [2.75, 3.05) is 13.9 Å². The number of amides is 1. The SMILES string of the molecule is COc1cc(O)c(/C(Cc2ccc3c(c2)OCO3)=N/NC(=O)c2ccccc2)cc1C(C)C. The van der Waals surface area contributed by atoms with E-state index in [2.05, 4.69) is 10.5 Å². The Balaban J connectivity index is 1.72. The Kier molecular flexibility index (Phi) is 6.49. The molecule has 3 aromatic rings. The van der Waals surface area contributed by atoms with Crippen LogP contribution in [0.3, 0.4) is 0 Å². The van der Waals surface area contributed by atoms with E-state index in [1.165, 1.54) is 0 Å². The van der Waals surface area contributed by atoms with Gasteiger partial charge in [0.1, 0.15) is 11.5 Å². The average molecular weight is 447 g/mol. The van der Waals surface area contributed by atoms with Crippen molar-refractivity contribution < 1.29 is 24.1 Å². The quantitative estimate of drug-likeness (QED) is 0.408. The van der Waals surface area contributed by atoms with Crippen LogP contribution >= 0.6 is 0 Å². The first-order chi connectivity index (χ1) is 16.0. The third-order valence-corrected chi connectivity index (χ3v) is 5.42. The number of nitrogens with zero attached hydrogens (tertiary/aromatic N) is 1. The summed E-state index contributed by atoms with van der Waals surface area (Å²) in [4.78, 5) is 12.6. The number of hydrogen-bond acceptors (Lipinski definition) is 6. The fourth-order valence-electron chi connectivity index (χ4n) is 3.66. The van der Waals surface area contributed by atoms with E-state index in [1.54, 1.807) is 37.4 Å². The van der Waals surface area contributed by atoms with E-state index in [4.69, 9.17) is 14.2 Å². The molecule has 0 atom stereocenters. The highest BCUT2D eigenvalue weighted by molar-refractivity contribution is 6.05. The van der Waals surface area contributed by atoms with Gasteiger partial charge in [-0.25, -0.2) is 5.43 Å². The summed E-state index contributed by atoms with van der Waals surface area (Å²) in [5.41, 5.74) is 5.96. The van der Waals surface area contributed by atoms with Crippen molar-refractivity contribution in [1.82, 2.24) is 5.43 Å². The number of phenols is 1. The van der Waals surface area contributed by atoms with Gasteiger partial charge in [-0.15, -0.1) is 0 Å². The number of hydrazone groups is 1. The number of carbonyl (C=O) groups excluding carboxylic acids is 1. The molecule has 3 aromatic carbocycles. The maximum Gasteiger partial charge on any atom is 0.271 e. The number of phenolic OH excluding ortho intramolecular Hbond substituents is 1. The van der Waals surface area contributed by atoms with Gasteiger partial charge in [0.15, 0.2) is 11.5 Å². The normalized spacial score (nSPS) is 12.7. The van der Waals surface area contributed by atoms with Gasteiger partial charge in [-0.1, -0.05) is 38.1 Å². The number of nitrogens with one attached hydrogen (secondary N) is 1. The molecular formula is C26H26N2O5. The maximum atomic E-state index is 12.6. The lowest BCUT2D eigenvalue weighted by atomic mass is 9.94. The van der Waals surface area contributed by atoms with Crippen LogP contribution in [0.25, 0.3) is 0 Å². The topological polar surface area (TPSA) is 89.4 Å². The molecule has 1 amide bonds. The first kappa shape index (κ1) is 22.2. The molecule has 2 N–H and O–H groups in total. The van der Waals surface area contributed by atoms with Crippen LogP contribution in [0.5, 0.6) is 23.0 Å². The molecular weight excluding hydrogens is 420 g/mol. The summed E-state index contributed by atoms with van der Waals surface area (Å²) < 4.78 is 16.3. The third kappa shape index (κ3) is 4.92. The molecule has 0 saturated carbocycles. The molecule has 1 aliphatic heterocycles. The molecule has 0 aromatic heterocycles. The van der Waals surface area contributed by atoms with Crippen molar-refractivity contribution in [1.29, 1.82) is 0 Å². The number of rotatable bonds is 7. The monoisotopic (exact) mass is 446 g/mol. The van der Waals surface area contributed by atoms with Crippen LogP contribution in [0, 0.1) is 0 Å². The van der Waals surface area contributed by atoms with Crippen molar-refractivity contribution in [3.63, 3.8) is 0 Å². The molecule has 0 aliphatic carbocycles. The molecule has 33 heavy (non-hydrogen) atoms. The zero-order valence-electron chi connectivity index (χ0n) is 18.8. The lowest BCUT2D eigenvalue weighted by molar-refractivity contribution is 0.0954. The summed E-state index contributed by atoms with van der Waals surface area (Å²) in [6.07, 6.45) is 0.350. The lowest BCUT2D eigenvalue weighted by Crippen LogP contribution is -2.21. The molecule has 0 bridgehead atoms. The van der Waals surface area contributed by atoms with Crippen LogP contribution in [0.4, 0.5) is 0 Å². The first-order valence-electron chi connectivity index (χ1n) is 10.7. The van der Waals surface area contributed by atoms with Crippen molar-refractivity contribution >= 4 is 11.6 Å². The largest absolute Gasteiger partial charge is 0.507 e. The fourth-order valence-corrected chi connectivity index (χ4v) is 3.66. The van der Waals surface area contributed by atoms with Crippen molar-refractivity contribution in [2.45, 2.75) is 26.2 Å². The zero-order chi connectivity index (χ0) is 23.4. The minimum Gasteiger partial charge on any atom is -0.507 e. The summed E-state index contributed by atoms with van der Waals surface area (Å²) in [5.74, 6) is 1.78. The minimum absolute atomic E-state index is 0.0182. The van der Waals surface area contributed by atoms with Crippen LogP contribution in [0.1, 0.15) is 46.8 Å². The molecule has 7 heteroatoms. The van der Waals surface area contributed by atoms with E-state index in [1.807, 2.05) is 44.2 Å². The molecule has 0 unspecified atom stereocenters. The lowest BCUT2D eigenvalue weighted by Gasteiger charge is -2.17. The van der Waals surface area contributed by atoms with E-state index < -0.39 is 0 Å². The molecule has 1 heterocycles. The van der Waals surface area contributed by atoms with Crippen LogP contribution < -0.4 is 19.6 Å². The zero-order valence-corrected chi connectivity index (χ0v) is 18.8. The van der Waals surface area contributed by atoms with Gasteiger partial charge in [0.2, 0.25) is 6.79 Å². The van der Waals surface area contributed by atoms with Crippen LogP contribution in [-0.2, 0) is 6.42 Å². The van der Waals surface area contributed by atoms with E-state index >= 15 is 0 Å². The molecule has 0 fully saturated rings. The molecule has 4 rings (SSSR count). The molecule has 0 spiro atoms. The molecule has 1 aliphatic rings. The van der Waals surface area contributed by atoms with Gasteiger partial charge in [-0.3, -0.25) is 4.79 Å². The second-order valence-electron chi connectivity index (χ2n) is 8.00. The van der Waals surface area contributed by atoms with Gasteiger partial charge >= 0.3 is 0 Å². The van der Waals surface area contributed by atoms with E-state index in [0.29, 0.717) is 40.5 Å². The van der Waals surface area contributed by atoms with Gasteiger partial charge < -0.3 is 19.3 Å². The van der Waals surface area contributed by atoms with Crippen LogP contribution in [0.15, 0.2) is 65.8 Å². The smallest absolute Gasteiger partial charge is 0.271 e. The summed E-state index contributed by atoms with van der Waals surface area (Å²) in [7, 11) is 1.57. The Morgan fingerprint density at radius 2 is 1.85 bits per heavy atom.